The number of hydrogen-bond donors (Lipinski definition) is 0. The number of allylic oxidation sites excluding steroid dienone is 1. The summed E-state index contributed by atoms with van der Waals surface area (Å²) in [6, 6.07) is 12.7. The molecule has 0 spiro atoms. The fourth-order valence-corrected chi connectivity index (χ4v) is 3.98. The van der Waals surface area contributed by atoms with E-state index in [0.29, 0.717) is 11.3 Å². The number of benzene rings is 2. The summed E-state index contributed by atoms with van der Waals surface area (Å²) < 4.78 is 31.3. The fraction of sp³-hybridized carbons (Fsp3) is 0.167. The molecule has 0 saturated carbocycles. The Balaban J connectivity index is 2.59. The van der Waals surface area contributed by atoms with Crippen LogP contribution in [0.5, 0.6) is 5.75 Å². The van der Waals surface area contributed by atoms with E-state index in [-0.39, 0.29) is 21.0 Å². The molecule has 0 aromatic heterocycles. The number of halogens is 2. The third kappa shape index (κ3) is 4.55. The van der Waals surface area contributed by atoms with Gasteiger partial charge in [0.25, 0.3) is 0 Å². The van der Waals surface area contributed by atoms with Gasteiger partial charge in [-0.2, -0.15) is 5.26 Å². The minimum atomic E-state index is -4.12. The van der Waals surface area contributed by atoms with Crippen molar-refractivity contribution in [1.82, 2.24) is 0 Å². The number of para-hydroxylation sites is 1. The largest absolute Gasteiger partial charge is 0.490 e. The Hall–Kier alpha value is -2.00. The molecular formula is C18H15Cl2NO3S. The van der Waals surface area contributed by atoms with E-state index in [0.717, 1.165) is 0 Å². The normalized spacial score (nSPS) is 12.1. The molecule has 2 aromatic rings. The van der Waals surface area contributed by atoms with E-state index in [1.807, 2.05) is 13.8 Å². The lowest BCUT2D eigenvalue weighted by molar-refractivity contribution is 0.242. The number of hydrogen-bond acceptors (Lipinski definition) is 4. The van der Waals surface area contributed by atoms with E-state index in [9.17, 15) is 13.7 Å². The van der Waals surface area contributed by atoms with Gasteiger partial charge < -0.3 is 4.74 Å². The summed E-state index contributed by atoms with van der Waals surface area (Å²) in [5.41, 5.74) is 0.481. The van der Waals surface area contributed by atoms with Crippen molar-refractivity contribution in [2.45, 2.75) is 24.8 Å². The Kier molecular flexibility index (Phi) is 6.12. The van der Waals surface area contributed by atoms with Crippen LogP contribution in [0.3, 0.4) is 0 Å². The number of ether oxygens (including phenoxy) is 1. The van der Waals surface area contributed by atoms with Crippen LogP contribution >= 0.6 is 23.2 Å². The minimum Gasteiger partial charge on any atom is -0.490 e. The van der Waals surface area contributed by atoms with Crippen molar-refractivity contribution < 1.29 is 13.2 Å². The quantitative estimate of drug-likeness (QED) is 0.658. The van der Waals surface area contributed by atoms with Crippen LogP contribution in [0, 0.1) is 11.3 Å². The van der Waals surface area contributed by atoms with Crippen molar-refractivity contribution in [2.75, 3.05) is 0 Å². The highest BCUT2D eigenvalue weighted by molar-refractivity contribution is 7.95. The van der Waals surface area contributed by atoms with Crippen LogP contribution in [-0.4, -0.2) is 14.5 Å². The zero-order valence-electron chi connectivity index (χ0n) is 13.5. The zero-order valence-corrected chi connectivity index (χ0v) is 15.9. The van der Waals surface area contributed by atoms with Gasteiger partial charge in [-0.1, -0.05) is 41.4 Å². The predicted octanol–water partition coefficient (Wildman–Crippen LogP) is 5.12. The van der Waals surface area contributed by atoms with Crippen LogP contribution in [0.1, 0.15) is 19.4 Å². The Morgan fingerprint density at radius 3 is 2.52 bits per heavy atom. The summed E-state index contributed by atoms with van der Waals surface area (Å²) >= 11 is 11.9. The van der Waals surface area contributed by atoms with Gasteiger partial charge in [0.15, 0.2) is 0 Å². The van der Waals surface area contributed by atoms with Gasteiger partial charge in [-0.05, 0) is 44.2 Å². The lowest BCUT2D eigenvalue weighted by atomic mass is 10.2. The summed E-state index contributed by atoms with van der Waals surface area (Å²) in [6.45, 7) is 3.71. The zero-order chi connectivity index (χ0) is 18.6. The average Bonchev–Trinajstić information content (AvgIpc) is 2.55. The summed E-state index contributed by atoms with van der Waals surface area (Å²) in [7, 11) is -4.12. The molecule has 2 aromatic carbocycles. The fourth-order valence-electron chi connectivity index (χ4n) is 2.07. The van der Waals surface area contributed by atoms with Crippen molar-refractivity contribution in [3.05, 3.63) is 63.0 Å². The van der Waals surface area contributed by atoms with Crippen LogP contribution in [0.4, 0.5) is 0 Å². The Bertz CT molecular complexity index is 961. The molecule has 0 saturated heterocycles. The molecule has 0 bridgehead atoms. The second-order valence-corrected chi connectivity index (χ2v) is 8.13. The highest BCUT2D eigenvalue weighted by Crippen LogP contribution is 2.31. The van der Waals surface area contributed by atoms with Crippen molar-refractivity contribution >= 4 is 39.1 Å². The third-order valence-corrected chi connectivity index (χ3v) is 5.53. The summed E-state index contributed by atoms with van der Waals surface area (Å²) in [5.74, 6) is 0.484. The highest BCUT2D eigenvalue weighted by Gasteiger charge is 2.24. The maximum absolute atomic E-state index is 12.8. The molecule has 0 aliphatic rings. The van der Waals surface area contributed by atoms with Gasteiger partial charge in [-0.3, -0.25) is 0 Å². The lowest BCUT2D eigenvalue weighted by Crippen LogP contribution is -2.07. The smallest absolute Gasteiger partial charge is 0.218 e. The molecule has 2 rings (SSSR count). The molecule has 25 heavy (non-hydrogen) atoms. The van der Waals surface area contributed by atoms with Crippen LogP contribution in [0.2, 0.25) is 10.0 Å². The molecule has 7 heteroatoms. The molecule has 4 nitrogen and oxygen atoms in total. The van der Waals surface area contributed by atoms with E-state index >= 15 is 0 Å². The first kappa shape index (κ1) is 19.3. The molecule has 0 aliphatic carbocycles. The Labute approximate surface area is 157 Å². The lowest BCUT2D eigenvalue weighted by Gasteiger charge is -2.12. The van der Waals surface area contributed by atoms with Gasteiger partial charge in [0.2, 0.25) is 9.84 Å². The molecule has 130 valence electrons. The second kappa shape index (κ2) is 7.92. The van der Waals surface area contributed by atoms with Crippen LogP contribution in [0.15, 0.2) is 52.3 Å². The molecule has 0 fully saturated rings. The van der Waals surface area contributed by atoms with E-state index in [4.69, 9.17) is 27.9 Å². The Morgan fingerprint density at radius 1 is 1.20 bits per heavy atom. The summed E-state index contributed by atoms with van der Waals surface area (Å²) in [4.78, 5) is -0.659. The van der Waals surface area contributed by atoms with Crippen LogP contribution < -0.4 is 4.74 Å². The molecule has 0 amide bonds. The van der Waals surface area contributed by atoms with E-state index < -0.39 is 14.7 Å². The van der Waals surface area contributed by atoms with Gasteiger partial charge in [-0.25, -0.2) is 8.42 Å². The molecule has 0 aliphatic heterocycles. The van der Waals surface area contributed by atoms with Gasteiger partial charge in [0.1, 0.15) is 16.7 Å². The first-order chi connectivity index (χ1) is 11.8. The van der Waals surface area contributed by atoms with E-state index in [1.165, 1.54) is 24.3 Å². The highest BCUT2D eigenvalue weighted by atomic mass is 35.5. The number of nitrogens with zero attached hydrogens (tertiary/aromatic N) is 1. The van der Waals surface area contributed by atoms with Gasteiger partial charge in [0, 0.05) is 10.6 Å². The van der Waals surface area contributed by atoms with Gasteiger partial charge >= 0.3 is 0 Å². The van der Waals surface area contributed by atoms with Crippen molar-refractivity contribution in [1.29, 1.82) is 5.26 Å². The monoisotopic (exact) mass is 395 g/mol. The maximum Gasteiger partial charge on any atom is 0.218 e. The average molecular weight is 396 g/mol. The third-order valence-electron chi connectivity index (χ3n) is 3.15. The molecule has 0 N–H and O–H groups in total. The van der Waals surface area contributed by atoms with E-state index in [1.54, 1.807) is 30.3 Å². The van der Waals surface area contributed by atoms with Crippen molar-refractivity contribution in [3.63, 3.8) is 0 Å². The SMILES string of the molecule is CC(C)Oc1ccccc1/C=C(\C#N)S(=O)(=O)c1cc(Cl)ccc1Cl. The molecule has 0 unspecified atom stereocenters. The summed E-state index contributed by atoms with van der Waals surface area (Å²) in [6.07, 6.45) is 1.17. The van der Waals surface area contributed by atoms with E-state index in [2.05, 4.69) is 0 Å². The number of rotatable bonds is 5. The van der Waals surface area contributed by atoms with Crippen molar-refractivity contribution in [3.8, 4) is 11.8 Å². The van der Waals surface area contributed by atoms with Crippen LogP contribution in [0.25, 0.3) is 6.08 Å². The minimum absolute atomic E-state index is 0.00253. The first-order valence-corrected chi connectivity index (χ1v) is 9.57. The van der Waals surface area contributed by atoms with Crippen LogP contribution in [-0.2, 0) is 9.84 Å². The summed E-state index contributed by atoms with van der Waals surface area (Å²) in [5, 5.41) is 9.61. The first-order valence-electron chi connectivity index (χ1n) is 7.33. The van der Waals surface area contributed by atoms with Gasteiger partial charge in [-0.15, -0.1) is 0 Å². The maximum atomic E-state index is 12.8. The standard InChI is InChI=1S/C18H15Cl2NO3S/c1-12(2)24-17-6-4-3-5-13(17)9-15(11-21)25(22,23)18-10-14(19)7-8-16(18)20/h3-10,12H,1-2H3/b15-9+. The van der Waals surface area contributed by atoms with Gasteiger partial charge in [0.05, 0.1) is 16.0 Å². The topological polar surface area (TPSA) is 67.2 Å². The predicted molar refractivity (Wildman–Crippen MR) is 99.4 cm³/mol. The van der Waals surface area contributed by atoms with Crippen molar-refractivity contribution in [2.24, 2.45) is 0 Å². The molecule has 0 heterocycles. The second-order valence-electron chi connectivity index (χ2n) is 5.40. The number of nitriles is 1. The molecular weight excluding hydrogens is 381 g/mol. The number of sulfone groups is 1. The Morgan fingerprint density at radius 2 is 1.88 bits per heavy atom. The molecule has 0 radical (unpaired) electrons. The molecule has 0 atom stereocenters.